The molecule has 0 bridgehead atoms. The number of carboxylic acid groups (broad SMARTS) is 1. The first kappa shape index (κ1) is 29.0. The second-order valence-electron chi connectivity index (χ2n) is 8.63. The summed E-state index contributed by atoms with van der Waals surface area (Å²) in [7, 11) is 0. The van der Waals surface area contributed by atoms with Crippen molar-refractivity contribution in [3.63, 3.8) is 0 Å². The van der Waals surface area contributed by atoms with Crippen molar-refractivity contribution in [2.45, 2.75) is 45.2 Å². The highest BCUT2D eigenvalue weighted by atomic mass is 32.1. The zero-order chi connectivity index (χ0) is 27.5. The SMILES string of the molecule is CC(C)C[C@H](NC(=O)c1ccc(-c2csc(N=C(N)N)n2)cc1)C(=O)N[C@@H](CCCN=C(N)N)C(=O)O. The van der Waals surface area contributed by atoms with E-state index in [1.165, 1.54) is 11.3 Å². The molecule has 0 saturated heterocycles. The van der Waals surface area contributed by atoms with Crippen LogP contribution in [0, 0.1) is 5.92 Å². The first-order valence-electron chi connectivity index (χ1n) is 11.5. The summed E-state index contributed by atoms with van der Waals surface area (Å²) >= 11 is 1.27. The Morgan fingerprint density at radius 3 is 2.27 bits per heavy atom. The molecule has 0 radical (unpaired) electrons. The average Bonchev–Trinajstić information content (AvgIpc) is 3.27. The summed E-state index contributed by atoms with van der Waals surface area (Å²) in [5.74, 6) is -2.35. The van der Waals surface area contributed by atoms with Gasteiger partial charge >= 0.3 is 5.97 Å². The molecule has 0 aliphatic heterocycles. The lowest BCUT2D eigenvalue weighted by molar-refractivity contribution is -0.142. The highest BCUT2D eigenvalue weighted by Gasteiger charge is 2.27. The number of rotatable bonds is 13. The summed E-state index contributed by atoms with van der Waals surface area (Å²) in [6, 6.07) is 4.59. The van der Waals surface area contributed by atoms with Gasteiger partial charge < -0.3 is 38.7 Å². The average molecular weight is 532 g/mol. The molecule has 200 valence electrons. The zero-order valence-electron chi connectivity index (χ0n) is 20.7. The number of aliphatic imine (C=N–C) groups is 2. The minimum Gasteiger partial charge on any atom is -0.480 e. The number of carboxylic acids is 1. The van der Waals surface area contributed by atoms with Crippen molar-refractivity contribution in [3.05, 3.63) is 35.2 Å². The summed E-state index contributed by atoms with van der Waals surface area (Å²) in [5, 5.41) is 16.9. The van der Waals surface area contributed by atoms with Crippen LogP contribution in [0.3, 0.4) is 0 Å². The molecule has 2 amide bonds. The minimum atomic E-state index is -1.19. The van der Waals surface area contributed by atoms with Crippen LogP contribution in [-0.4, -0.2) is 58.4 Å². The normalized spacial score (nSPS) is 12.3. The quantitative estimate of drug-likeness (QED) is 0.108. The summed E-state index contributed by atoms with van der Waals surface area (Å²) in [6.45, 7) is 4.03. The fourth-order valence-corrected chi connectivity index (χ4v) is 4.04. The Balaban J connectivity index is 2.08. The maximum absolute atomic E-state index is 12.9. The van der Waals surface area contributed by atoms with Gasteiger partial charge in [-0.2, -0.15) is 4.99 Å². The second-order valence-corrected chi connectivity index (χ2v) is 9.47. The van der Waals surface area contributed by atoms with Gasteiger partial charge in [-0.3, -0.25) is 14.6 Å². The second kappa shape index (κ2) is 13.8. The van der Waals surface area contributed by atoms with E-state index in [2.05, 4.69) is 25.6 Å². The number of hydrogen-bond donors (Lipinski definition) is 7. The number of hydrogen-bond acceptors (Lipinski definition) is 7. The van der Waals surface area contributed by atoms with Crippen molar-refractivity contribution >= 4 is 46.2 Å². The van der Waals surface area contributed by atoms with Crippen LogP contribution in [0.25, 0.3) is 11.3 Å². The molecule has 14 heteroatoms. The van der Waals surface area contributed by atoms with Gasteiger partial charge in [-0.25, -0.2) is 9.78 Å². The van der Waals surface area contributed by atoms with Gasteiger partial charge in [0.05, 0.1) is 5.69 Å². The third-order valence-electron chi connectivity index (χ3n) is 5.05. The predicted octanol–water partition coefficient (Wildman–Crippen LogP) is 0.483. The lowest BCUT2D eigenvalue weighted by atomic mass is 10.0. The van der Waals surface area contributed by atoms with Crippen molar-refractivity contribution in [1.29, 1.82) is 0 Å². The number of aliphatic carboxylic acids is 1. The number of aromatic nitrogens is 1. The van der Waals surface area contributed by atoms with Gasteiger partial charge in [-0.15, -0.1) is 11.3 Å². The van der Waals surface area contributed by atoms with E-state index < -0.39 is 29.9 Å². The molecule has 1 aromatic heterocycles. The van der Waals surface area contributed by atoms with E-state index in [1.54, 1.807) is 29.6 Å². The van der Waals surface area contributed by atoms with Crippen LogP contribution in [0.15, 0.2) is 39.6 Å². The molecular weight excluding hydrogens is 498 g/mol. The highest BCUT2D eigenvalue weighted by Crippen LogP contribution is 2.26. The molecule has 1 aromatic carbocycles. The largest absolute Gasteiger partial charge is 0.480 e. The molecule has 13 nitrogen and oxygen atoms in total. The van der Waals surface area contributed by atoms with Crippen LogP contribution in [0.5, 0.6) is 0 Å². The predicted molar refractivity (Wildman–Crippen MR) is 143 cm³/mol. The molecular formula is C23H33N9O4S. The lowest BCUT2D eigenvalue weighted by Gasteiger charge is -2.23. The summed E-state index contributed by atoms with van der Waals surface area (Å²) < 4.78 is 0. The molecule has 0 unspecified atom stereocenters. The molecule has 37 heavy (non-hydrogen) atoms. The Labute approximate surface area is 218 Å². The van der Waals surface area contributed by atoms with E-state index >= 15 is 0 Å². The van der Waals surface area contributed by atoms with E-state index in [1.807, 2.05) is 13.8 Å². The number of nitrogens with zero attached hydrogens (tertiary/aromatic N) is 3. The van der Waals surface area contributed by atoms with Crippen molar-refractivity contribution < 1.29 is 19.5 Å². The van der Waals surface area contributed by atoms with Gasteiger partial charge in [-0.05, 0) is 37.3 Å². The van der Waals surface area contributed by atoms with E-state index in [4.69, 9.17) is 22.9 Å². The smallest absolute Gasteiger partial charge is 0.326 e. The number of nitrogens with one attached hydrogen (secondary N) is 2. The number of carbonyl (C=O) groups excluding carboxylic acids is 2. The first-order chi connectivity index (χ1) is 17.5. The van der Waals surface area contributed by atoms with Gasteiger partial charge in [0.25, 0.3) is 5.91 Å². The Kier molecular flexibility index (Phi) is 10.8. The van der Waals surface area contributed by atoms with Gasteiger partial charge in [-0.1, -0.05) is 26.0 Å². The third kappa shape index (κ3) is 9.76. The maximum Gasteiger partial charge on any atom is 0.326 e. The molecule has 0 fully saturated rings. The van der Waals surface area contributed by atoms with Crippen LogP contribution in [-0.2, 0) is 9.59 Å². The zero-order valence-corrected chi connectivity index (χ0v) is 21.5. The molecule has 0 aliphatic carbocycles. The molecule has 11 N–H and O–H groups in total. The van der Waals surface area contributed by atoms with E-state index in [9.17, 15) is 19.5 Å². The standard InChI is InChI=1S/C23H33N9O4S/c1-12(2)10-16(19(34)29-15(20(35)36)4-3-9-28-21(24)25)30-18(33)14-7-5-13(6-8-14)17-11-37-23(31-17)32-22(26)27/h5-8,11-12,15-16H,3-4,9-10H2,1-2H3,(H,29,34)(H,30,33)(H,35,36)(H4,24,25,28)(H4,26,27,31,32)/t15-,16-/m0/s1. The monoisotopic (exact) mass is 531 g/mol. The van der Waals surface area contributed by atoms with Gasteiger partial charge in [0.15, 0.2) is 11.9 Å². The van der Waals surface area contributed by atoms with Crippen molar-refractivity contribution in [1.82, 2.24) is 15.6 Å². The van der Waals surface area contributed by atoms with E-state index in [0.29, 0.717) is 29.2 Å². The van der Waals surface area contributed by atoms with Crippen LogP contribution >= 0.6 is 11.3 Å². The van der Waals surface area contributed by atoms with Gasteiger partial charge in [0.1, 0.15) is 12.1 Å². The number of carbonyl (C=O) groups is 3. The Bertz CT molecular complexity index is 1140. The number of thiazole rings is 1. The number of nitrogens with two attached hydrogens (primary N) is 4. The molecule has 0 saturated carbocycles. The minimum absolute atomic E-state index is 0.0626. The maximum atomic E-state index is 12.9. The van der Waals surface area contributed by atoms with Crippen molar-refractivity contribution in [2.75, 3.05) is 6.54 Å². The number of guanidine groups is 2. The van der Waals surface area contributed by atoms with Gasteiger partial charge in [0, 0.05) is 23.1 Å². The van der Waals surface area contributed by atoms with Crippen molar-refractivity contribution in [2.24, 2.45) is 38.8 Å². The van der Waals surface area contributed by atoms with Crippen molar-refractivity contribution in [3.8, 4) is 11.3 Å². The molecule has 1 heterocycles. The fraction of sp³-hybridized carbons (Fsp3) is 0.391. The van der Waals surface area contributed by atoms with Crippen LogP contribution in [0.1, 0.15) is 43.5 Å². The van der Waals surface area contributed by atoms with E-state index in [0.717, 1.165) is 5.56 Å². The van der Waals surface area contributed by atoms with Crippen LogP contribution < -0.4 is 33.6 Å². The Morgan fingerprint density at radius 2 is 1.70 bits per heavy atom. The Hall–Kier alpha value is -4.20. The molecule has 2 atom stereocenters. The molecule has 0 aliphatic rings. The Morgan fingerprint density at radius 1 is 1.03 bits per heavy atom. The summed E-state index contributed by atoms with van der Waals surface area (Å²) in [4.78, 5) is 49.5. The molecule has 0 spiro atoms. The van der Waals surface area contributed by atoms with Crippen LogP contribution in [0.4, 0.5) is 5.13 Å². The first-order valence-corrected chi connectivity index (χ1v) is 12.4. The fourth-order valence-electron chi connectivity index (χ4n) is 3.33. The van der Waals surface area contributed by atoms with Gasteiger partial charge in [0.2, 0.25) is 11.0 Å². The number of amides is 2. The molecule has 2 aromatic rings. The van der Waals surface area contributed by atoms with E-state index in [-0.39, 0.29) is 30.8 Å². The summed E-state index contributed by atoms with van der Waals surface area (Å²) in [5.41, 5.74) is 23.0. The van der Waals surface area contributed by atoms with Crippen LogP contribution in [0.2, 0.25) is 0 Å². The lowest BCUT2D eigenvalue weighted by Crippen LogP contribution is -2.52. The third-order valence-corrected chi connectivity index (χ3v) is 5.78. The topological polar surface area (TPSA) is 237 Å². The summed E-state index contributed by atoms with van der Waals surface area (Å²) in [6.07, 6.45) is 0.806. The number of benzene rings is 1. The molecule has 2 rings (SSSR count). The highest BCUT2D eigenvalue weighted by molar-refractivity contribution is 7.13.